The zero-order chi connectivity index (χ0) is 15.5. The Labute approximate surface area is 129 Å². The van der Waals surface area contributed by atoms with Crippen molar-refractivity contribution in [2.24, 2.45) is 0 Å². The normalized spacial score (nSPS) is 14.4. The number of hydrogen-bond donors (Lipinski definition) is 1. The second kappa shape index (κ2) is 6.13. The van der Waals surface area contributed by atoms with Gasteiger partial charge in [0.25, 0.3) is 0 Å². The standard InChI is InChI=1S/C15H20N6O/c1-11-7-12(2)21(19-11)14-9-16-8-13(18-14)17-10-15(22)20-5-3-4-6-20/h7-9H,3-6,10H2,1-2H3,(H,17,18). The van der Waals surface area contributed by atoms with Crippen molar-refractivity contribution in [3.05, 3.63) is 29.8 Å². The summed E-state index contributed by atoms with van der Waals surface area (Å²) in [4.78, 5) is 22.6. The third-order valence-electron chi connectivity index (χ3n) is 3.73. The number of carbonyl (C=O) groups excluding carboxylic acids is 1. The van der Waals surface area contributed by atoms with Crippen LogP contribution in [0, 0.1) is 13.8 Å². The Morgan fingerprint density at radius 1 is 1.27 bits per heavy atom. The van der Waals surface area contributed by atoms with Gasteiger partial charge in [-0.15, -0.1) is 0 Å². The first kappa shape index (κ1) is 14.5. The summed E-state index contributed by atoms with van der Waals surface area (Å²) in [5, 5.41) is 7.44. The minimum atomic E-state index is 0.107. The van der Waals surface area contributed by atoms with Crippen molar-refractivity contribution >= 4 is 11.7 Å². The van der Waals surface area contributed by atoms with Gasteiger partial charge in [0.15, 0.2) is 5.82 Å². The van der Waals surface area contributed by atoms with Gasteiger partial charge in [-0.1, -0.05) is 0 Å². The molecule has 2 aromatic rings. The summed E-state index contributed by atoms with van der Waals surface area (Å²) < 4.78 is 1.75. The first-order valence-electron chi connectivity index (χ1n) is 7.51. The molecule has 7 nitrogen and oxygen atoms in total. The lowest BCUT2D eigenvalue weighted by Gasteiger charge is -2.15. The van der Waals surface area contributed by atoms with Crippen molar-refractivity contribution in [2.75, 3.05) is 25.0 Å². The monoisotopic (exact) mass is 300 g/mol. The highest BCUT2D eigenvalue weighted by molar-refractivity contribution is 5.80. The van der Waals surface area contributed by atoms with E-state index in [4.69, 9.17) is 0 Å². The van der Waals surface area contributed by atoms with E-state index in [-0.39, 0.29) is 12.5 Å². The van der Waals surface area contributed by atoms with Crippen molar-refractivity contribution in [3.63, 3.8) is 0 Å². The molecule has 1 saturated heterocycles. The highest BCUT2D eigenvalue weighted by Gasteiger charge is 2.17. The number of anilines is 1. The minimum absolute atomic E-state index is 0.107. The Balaban J connectivity index is 1.69. The van der Waals surface area contributed by atoms with Crippen molar-refractivity contribution in [1.29, 1.82) is 0 Å². The summed E-state index contributed by atoms with van der Waals surface area (Å²) in [6.07, 6.45) is 5.47. The average Bonchev–Trinajstić information content (AvgIpc) is 3.15. The first-order chi connectivity index (χ1) is 10.6. The minimum Gasteiger partial charge on any atom is -0.360 e. The number of amides is 1. The number of aryl methyl sites for hydroxylation is 2. The SMILES string of the molecule is Cc1cc(C)n(-c2cncc(NCC(=O)N3CCCC3)n2)n1. The third kappa shape index (κ3) is 3.08. The molecule has 0 spiro atoms. The Kier molecular flexibility index (Phi) is 4.04. The molecule has 116 valence electrons. The van der Waals surface area contributed by atoms with Crippen LogP contribution < -0.4 is 5.32 Å². The van der Waals surface area contributed by atoms with Crippen LogP contribution in [0.5, 0.6) is 0 Å². The maximum Gasteiger partial charge on any atom is 0.241 e. The smallest absolute Gasteiger partial charge is 0.241 e. The molecular weight excluding hydrogens is 280 g/mol. The van der Waals surface area contributed by atoms with Crippen LogP contribution in [0.25, 0.3) is 5.82 Å². The Hall–Kier alpha value is -2.44. The van der Waals surface area contributed by atoms with E-state index >= 15 is 0 Å². The van der Waals surface area contributed by atoms with E-state index in [1.807, 2.05) is 24.8 Å². The first-order valence-corrected chi connectivity index (χ1v) is 7.51. The summed E-state index contributed by atoms with van der Waals surface area (Å²) in [5.41, 5.74) is 1.93. The summed E-state index contributed by atoms with van der Waals surface area (Å²) in [6, 6.07) is 1.98. The number of likely N-dealkylation sites (tertiary alicyclic amines) is 1. The van der Waals surface area contributed by atoms with Gasteiger partial charge in [-0.2, -0.15) is 5.10 Å². The van der Waals surface area contributed by atoms with Crippen LogP contribution in [0.4, 0.5) is 5.82 Å². The van der Waals surface area contributed by atoms with Gasteiger partial charge in [0.1, 0.15) is 5.82 Å². The van der Waals surface area contributed by atoms with Gasteiger partial charge in [0, 0.05) is 18.8 Å². The molecule has 1 fully saturated rings. The molecule has 3 heterocycles. The Morgan fingerprint density at radius 2 is 2.05 bits per heavy atom. The van der Waals surface area contributed by atoms with Crippen LogP contribution in [0.1, 0.15) is 24.2 Å². The molecule has 0 aromatic carbocycles. The second-order valence-electron chi connectivity index (χ2n) is 5.54. The van der Waals surface area contributed by atoms with E-state index in [0.717, 1.165) is 37.3 Å². The van der Waals surface area contributed by atoms with Crippen molar-refractivity contribution in [1.82, 2.24) is 24.6 Å². The molecule has 2 aromatic heterocycles. The molecule has 0 saturated carbocycles. The number of carbonyl (C=O) groups is 1. The fraction of sp³-hybridized carbons (Fsp3) is 0.467. The molecular formula is C15H20N6O. The molecule has 1 amide bonds. The molecule has 1 N–H and O–H groups in total. The number of hydrogen-bond acceptors (Lipinski definition) is 5. The molecule has 22 heavy (non-hydrogen) atoms. The average molecular weight is 300 g/mol. The summed E-state index contributed by atoms with van der Waals surface area (Å²) >= 11 is 0. The zero-order valence-electron chi connectivity index (χ0n) is 12.9. The van der Waals surface area contributed by atoms with Crippen molar-refractivity contribution < 1.29 is 4.79 Å². The van der Waals surface area contributed by atoms with Crippen LogP contribution in [-0.2, 0) is 4.79 Å². The van der Waals surface area contributed by atoms with Crippen LogP contribution in [0.15, 0.2) is 18.5 Å². The van der Waals surface area contributed by atoms with Gasteiger partial charge in [-0.3, -0.25) is 9.78 Å². The number of rotatable bonds is 4. The lowest BCUT2D eigenvalue weighted by Crippen LogP contribution is -2.33. The van der Waals surface area contributed by atoms with Gasteiger partial charge in [-0.25, -0.2) is 9.67 Å². The third-order valence-corrected chi connectivity index (χ3v) is 3.73. The summed E-state index contributed by atoms with van der Waals surface area (Å²) in [7, 11) is 0. The summed E-state index contributed by atoms with van der Waals surface area (Å²) in [5.74, 6) is 1.33. The van der Waals surface area contributed by atoms with E-state index in [1.54, 1.807) is 17.1 Å². The van der Waals surface area contributed by atoms with Crippen LogP contribution in [0.3, 0.4) is 0 Å². The lowest BCUT2D eigenvalue weighted by atomic mass is 10.4. The van der Waals surface area contributed by atoms with E-state index in [1.165, 1.54) is 0 Å². The Bertz CT molecular complexity index is 674. The molecule has 1 aliphatic heterocycles. The van der Waals surface area contributed by atoms with Gasteiger partial charge < -0.3 is 10.2 Å². The maximum atomic E-state index is 12.0. The highest BCUT2D eigenvalue weighted by atomic mass is 16.2. The predicted octanol–water partition coefficient (Wildman–Crippen LogP) is 1.31. The van der Waals surface area contributed by atoms with Gasteiger partial charge >= 0.3 is 0 Å². The maximum absolute atomic E-state index is 12.0. The highest BCUT2D eigenvalue weighted by Crippen LogP contribution is 2.11. The summed E-state index contributed by atoms with van der Waals surface area (Å²) in [6.45, 7) is 5.87. The van der Waals surface area contributed by atoms with E-state index in [0.29, 0.717) is 11.6 Å². The van der Waals surface area contributed by atoms with Gasteiger partial charge in [0.05, 0.1) is 24.6 Å². The molecule has 0 atom stereocenters. The van der Waals surface area contributed by atoms with Crippen LogP contribution >= 0.6 is 0 Å². The van der Waals surface area contributed by atoms with Gasteiger partial charge in [-0.05, 0) is 32.8 Å². The molecule has 1 aliphatic rings. The lowest BCUT2D eigenvalue weighted by molar-refractivity contribution is -0.128. The molecule has 7 heteroatoms. The van der Waals surface area contributed by atoms with Crippen LogP contribution in [0.2, 0.25) is 0 Å². The van der Waals surface area contributed by atoms with E-state index in [2.05, 4.69) is 20.4 Å². The number of nitrogens with zero attached hydrogens (tertiary/aromatic N) is 5. The fourth-order valence-electron chi connectivity index (χ4n) is 2.65. The van der Waals surface area contributed by atoms with Crippen LogP contribution in [-0.4, -0.2) is 50.2 Å². The van der Waals surface area contributed by atoms with E-state index in [9.17, 15) is 4.79 Å². The zero-order valence-corrected chi connectivity index (χ0v) is 12.9. The molecule has 0 bridgehead atoms. The largest absolute Gasteiger partial charge is 0.360 e. The van der Waals surface area contributed by atoms with Crippen molar-refractivity contribution in [3.8, 4) is 5.82 Å². The number of aromatic nitrogens is 4. The second-order valence-corrected chi connectivity index (χ2v) is 5.54. The molecule has 0 radical (unpaired) electrons. The van der Waals surface area contributed by atoms with Crippen molar-refractivity contribution in [2.45, 2.75) is 26.7 Å². The molecule has 0 aliphatic carbocycles. The van der Waals surface area contributed by atoms with Gasteiger partial charge in [0.2, 0.25) is 5.91 Å². The predicted molar refractivity (Wildman–Crippen MR) is 82.9 cm³/mol. The molecule has 3 rings (SSSR count). The number of nitrogens with one attached hydrogen (secondary N) is 1. The topological polar surface area (TPSA) is 75.9 Å². The quantitative estimate of drug-likeness (QED) is 0.921. The fourth-order valence-corrected chi connectivity index (χ4v) is 2.65. The van der Waals surface area contributed by atoms with E-state index < -0.39 is 0 Å². The Morgan fingerprint density at radius 3 is 2.73 bits per heavy atom. The molecule has 0 unspecified atom stereocenters.